The third-order valence-corrected chi connectivity index (χ3v) is 5.68. The Hall–Kier alpha value is -4.45. The van der Waals surface area contributed by atoms with E-state index in [9.17, 15) is 29.1 Å². The Kier molecular flexibility index (Phi) is 10.2. The lowest BCUT2D eigenvalue weighted by Crippen LogP contribution is -2.63. The van der Waals surface area contributed by atoms with E-state index in [1.54, 1.807) is 24.3 Å². The molecule has 12 nitrogen and oxygen atoms in total. The summed E-state index contributed by atoms with van der Waals surface area (Å²) in [7, 11) is 0. The number of esters is 4. The van der Waals surface area contributed by atoms with Crippen molar-refractivity contribution in [1.82, 2.24) is 0 Å². The van der Waals surface area contributed by atoms with Gasteiger partial charge in [-0.3, -0.25) is 24.0 Å². The van der Waals surface area contributed by atoms with Gasteiger partial charge in [0.05, 0.1) is 5.56 Å². The van der Waals surface area contributed by atoms with Crippen LogP contribution in [0.1, 0.15) is 43.6 Å². The molecular formula is C28H30O12. The van der Waals surface area contributed by atoms with Gasteiger partial charge in [0.1, 0.15) is 24.2 Å². The van der Waals surface area contributed by atoms with E-state index in [0.717, 1.165) is 33.3 Å². The Morgan fingerprint density at radius 3 is 1.95 bits per heavy atom. The number of ketones is 1. The zero-order valence-corrected chi connectivity index (χ0v) is 22.4. The minimum atomic E-state index is -1.48. The molecule has 0 unspecified atom stereocenters. The van der Waals surface area contributed by atoms with Crippen molar-refractivity contribution in [3.8, 4) is 11.5 Å². The molecule has 1 heterocycles. The lowest BCUT2D eigenvalue weighted by Gasteiger charge is -2.43. The summed E-state index contributed by atoms with van der Waals surface area (Å²) in [4.78, 5) is 60.0. The minimum absolute atomic E-state index is 0.00895. The second-order valence-corrected chi connectivity index (χ2v) is 8.95. The number of phenolic OH excluding ortho intramolecular Hbond substituents is 1. The van der Waals surface area contributed by atoms with Crippen molar-refractivity contribution in [1.29, 1.82) is 0 Å². The van der Waals surface area contributed by atoms with Crippen molar-refractivity contribution < 1.29 is 57.5 Å². The van der Waals surface area contributed by atoms with Crippen molar-refractivity contribution >= 4 is 29.7 Å². The summed E-state index contributed by atoms with van der Waals surface area (Å²) < 4.78 is 32.8. The second-order valence-electron chi connectivity index (χ2n) is 8.95. The highest BCUT2D eigenvalue weighted by atomic mass is 16.7. The van der Waals surface area contributed by atoms with Gasteiger partial charge in [-0.15, -0.1) is 0 Å². The number of hydrogen-bond donors (Lipinski definition) is 1. The molecular weight excluding hydrogens is 528 g/mol. The fourth-order valence-corrected chi connectivity index (χ4v) is 4.11. The van der Waals surface area contributed by atoms with E-state index in [0.29, 0.717) is 0 Å². The summed E-state index contributed by atoms with van der Waals surface area (Å²) >= 11 is 0. The van der Waals surface area contributed by atoms with Gasteiger partial charge in [0.15, 0.2) is 18.0 Å². The molecule has 2 aromatic carbocycles. The molecule has 2 aromatic rings. The molecule has 3 rings (SSSR count). The molecule has 5 atom stereocenters. The first-order chi connectivity index (χ1) is 18.9. The molecule has 214 valence electrons. The number of Topliss-reactive ketones (excluding diaryl/α,β-unsaturated/α-hetero) is 1. The largest absolute Gasteiger partial charge is 0.507 e. The molecule has 0 aromatic heterocycles. The number of rotatable bonds is 10. The molecule has 12 heteroatoms. The van der Waals surface area contributed by atoms with Gasteiger partial charge in [-0.05, 0) is 17.7 Å². The maximum Gasteiger partial charge on any atom is 0.303 e. The summed E-state index contributed by atoms with van der Waals surface area (Å²) in [5, 5.41) is 10.6. The zero-order chi connectivity index (χ0) is 29.4. The fourth-order valence-electron chi connectivity index (χ4n) is 4.11. The molecule has 1 aliphatic rings. The van der Waals surface area contributed by atoms with Crippen LogP contribution in [0, 0.1) is 0 Å². The smallest absolute Gasteiger partial charge is 0.303 e. The van der Waals surface area contributed by atoms with Crippen molar-refractivity contribution in [3.05, 3.63) is 59.7 Å². The molecule has 0 saturated carbocycles. The van der Waals surface area contributed by atoms with E-state index in [-0.39, 0.29) is 29.3 Å². The van der Waals surface area contributed by atoms with Gasteiger partial charge in [-0.2, -0.15) is 0 Å². The minimum Gasteiger partial charge on any atom is -0.507 e. The highest BCUT2D eigenvalue weighted by Crippen LogP contribution is 2.32. The van der Waals surface area contributed by atoms with Crippen LogP contribution in [0.5, 0.6) is 11.5 Å². The number of carbonyl (C=O) groups excluding carboxylic acids is 5. The lowest BCUT2D eigenvalue weighted by atomic mass is 9.98. The molecule has 40 heavy (non-hydrogen) atoms. The van der Waals surface area contributed by atoms with Crippen molar-refractivity contribution in [3.63, 3.8) is 0 Å². The average Bonchev–Trinajstić information content (AvgIpc) is 2.86. The van der Waals surface area contributed by atoms with E-state index in [2.05, 4.69) is 0 Å². The quantitative estimate of drug-likeness (QED) is 0.258. The topological polar surface area (TPSA) is 161 Å². The number of aromatic hydroxyl groups is 1. The monoisotopic (exact) mass is 558 g/mol. The first-order valence-corrected chi connectivity index (χ1v) is 12.3. The fraction of sp³-hybridized carbons (Fsp3) is 0.393. The van der Waals surface area contributed by atoms with Crippen LogP contribution >= 0.6 is 0 Å². The maximum absolute atomic E-state index is 12.7. The van der Waals surface area contributed by atoms with Crippen LogP contribution in [0.15, 0.2) is 48.5 Å². The van der Waals surface area contributed by atoms with E-state index < -0.39 is 61.2 Å². The van der Waals surface area contributed by atoms with Gasteiger partial charge in [0, 0.05) is 40.2 Å². The molecule has 1 saturated heterocycles. The zero-order valence-electron chi connectivity index (χ0n) is 22.4. The number of ether oxygens (including phenoxy) is 6. The lowest BCUT2D eigenvalue weighted by molar-refractivity contribution is -0.288. The average molecular weight is 559 g/mol. The van der Waals surface area contributed by atoms with E-state index in [4.69, 9.17) is 28.4 Å². The maximum atomic E-state index is 12.7. The van der Waals surface area contributed by atoms with Crippen LogP contribution < -0.4 is 4.74 Å². The van der Waals surface area contributed by atoms with Gasteiger partial charge < -0.3 is 33.5 Å². The highest BCUT2D eigenvalue weighted by molar-refractivity contribution is 6.00. The molecule has 0 aliphatic carbocycles. The van der Waals surface area contributed by atoms with E-state index in [1.807, 2.05) is 6.07 Å². The Morgan fingerprint density at radius 2 is 1.38 bits per heavy atom. The number of carbonyl (C=O) groups is 5. The van der Waals surface area contributed by atoms with Crippen molar-refractivity contribution in [2.45, 2.75) is 64.8 Å². The SMILES string of the molecule is CC(=O)OC[C@H]1O[C@@H](Oc2ccc(C(=O)Cc3ccccc3)c(O)c2)[C@@H](OC(C)=O)[C@@H](OC(C)=O)[C@@H]1OC(C)=O. The Balaban J connectivity index is 1.91. The third-order valence-electron chi connectivity index (χ3n) is 5.68. The summed E-state index contributed by atoms with van der Waals surface area (Å²) in [5.74, 6) is -3.69. The number of hydrogen-bond acceptors (Lipinski definition) is 12. The molecule has 1 fully saturated rings. The van der Waals surface area contributed by atoms with Gasteiger partial charge in [0.2, 0.25) is 12.4 Å². The standard InChI is InChI=1S/C28H30O12/c1-15(29)35-14-24-25(36-16(2)30)26(37-17(3)31)27(38-18(4)32)28(40-24)39-20-10-11-21(23(34)13-20)22(33)12-19-8-6-5-7-9-19/h5-11,13,24-28,34H,12,14H2,1-4H3/t24-,25-,26+,27+,28-/m1/s1. The van der Waals surface area contributed by atoms with Crippen LogP contribution in [-0.2, 0) is 49.3 Å². The number of phenols is 1. The first-order valence-electron chi connectivity index (χ1n) is 12.3. The molecule has 1 aliphatic heterocycles. The van der Waals surface area contributed by atoms with Gasteiger partial charge in [0.25, 0.3) is 0 Å². The molecule has 1 N–H and O–H groups in total. The van der Waals surface area contributed by atoms with Crippen LogP contribution in [0.3, 0.4) is 0 Å². The van der Waals surface area contributed by atoms with Crippen molar-refractivity contribution in [2.75, 3.05) is 6.61 Å². The summed E-state index contributed by atoms with van der Waals surface area (Å²) in [6, 6.07) is 12.9. The van der Waals surface area contributed by atoms with Crippen LogP contribution in [0.2, 0.25) is 0 Å². The summed E-state index contributed by atoms with van der Waals surface area (Å²) in [6.07, 6.45) is -6.81. The first kappa shape index (κ1) is 30.1. The van der Waals surface area contributed by atoms with E-state index in [1.165, 1.54) is 18.2 Å². The number of benzene rings is 2. The predicted octanol–water partition coefficient (Wildman–Crippen LogP) is 2.28. The highest BCUT2D eigenvalue weighted by Gasteiger charge is 2.53. The van der Waals surface area contributed by atoms with Gasteiger partial charge in [-0.1, -0.05) is 30.3 Å². The Bertz CT molecular complexity index is 1240. The normalized spacial score (nSPS) is 21.9. The molecule has 0 bridgehead atoms. The summed E-state index contributed by atoms with van der Waals surface area (Å²) in [5.41, 5.74) is 0.822. The van der Waals surface area contributed by atoms with Gasteiger partial charge >= 0.3 is 23.9 Å². The van der Waals surface area contributed by atoms with Crippen LogP contribution in [0.4, 0.5) is 0 Å². The molecule has 0 amide bonds. The predicted molar refractivity (Wildman–Crippen MR) is 135 cm³/mol. The van der Waals surface area contributed by atoms with Gasteiger partial charge in [-0.25, -0.2) is 0 Å². The third kappa shape index (κ3) is 8.27. The molecule has 0 radical (unpaired) electrons. The Labute approximate surface area is 230 Å². The Morgan fingerprint density at radius 1 is 0.775 bits per heavy atom. The van der Waals surface area contributed by atoms with Crippen LogP contribution in [-0.4, -0.2) is 72.1 Å². The summed E-state index contributed by atoms with van der Waals surface area (Å²) in [6.45, 7) is 4.06. The molecule has 0 spiro atoms. The second kappa shape index (κ2) is 13.6. The van der Waals surface area contributed by atoms with Crippen molar-refractivity contribution in [2.24, 2.45) is 0 Å². The van der Waals surface area contributed by atoms with E-state index >= 15 is 0 Å². The van der Waals surface area contributed by atoms with Crippen LogP contribution in [0.25, 0.3) is 0 Å².